The van der Waals surface area contributed by atoms with Crippen molar-refractivity contribution in [2.75, 3.05) is 33.2 Å². The molecule has 0 saturated carbocycles. The van der Waals surface area contributed by atoms with Gasteiger partial charge in [0.25, 0.3) is 0 Å². The van der Waals surface area contributed by atoms with E-state index in [1.165, 1.54) is 37.1 Å². The van der Waals surface area contributed by atoms with Crippen LogP contribution >= 0.6 is 24.0 Å². The first-order valence-corrected chi connectivity index (χ1v) is 9.97. The van der Waals surface area contributed by atoms with Gasteiger partial charge in [-0.25, -0.2) is 0 Å². The third-order valence-electron chi connectivity index (χ3n) is 5.15. The van der Waals surface area contributed by atoms with Gasteiger partial charge in [0, 0.05) is 33.4 Å². The lowest BCUT2D eigenvalue weighted by atomic mass is 10.1. The van der Waals surface area contributed by atoms with Crippen LogP contribution in [0.3, 0.4) is 0 Å². The van der Waals surface area contributed by atoms with E-state index in [0.29, 0.717) is 6.04 Å². The zero-order chi connectivity index (χ0) is 18.9. The van der Waals surface area contributed by atoms with Gasteiger partial charge in [-0.3, -0.25) is 14.6 Å². The number of rotatable bonds is 8. The molecule has 2 N–H and O–H groups in total. The molecule has 0 bridgehead atoms. The van der Waals surface area contributed by atoms with Gasteiger partial charge in [-0.15, -0.1) is 24.0 Å². The minimum absolute atomic E-state index is 0. The van der Waals surface area contributed by atoms with Crippen LogP contribution in [0, 0.1) is 0 Å². The lowest BCUT2D eigenvalue weighted by molar-refractivity contribution is 0.245. The molecule has 2 aromatic rings. The molecule has 1 atom stereocenters. The van der Waals surface area contributed by atoms with Crippen molar-refractivity contribution in [1.29, 1.82) is 0 Å². The first-order valence-electron chi connectivity index (χ1n) is 9.97. The van der Waals surface area contributed by atoms with Crippen molar-refractivity contribution in [3.63, 3.8) is 0 Å². The molecule has 0 aliphatic carbocycles. The summed E-state index contributed by atoms with van der Waals surface area (Å²) in [5.74, 6) is 0.876. The molecule has 1 aliphatic rings. The summed E-state index contributed by atoms with van der Waals surface area (Å²) in [6.45, 7) is 4.12. The average Bonchev–Trinajstić information content (AvgIpc) is 3.36. The lowest BCUT2D eigenvalue weighted by Crippen LogP contribution is -2.43. The van der Waals surface area contributed by atoms with Crippen LogP contribution in [0.5, 0.6) is 0 Å². The Balaban J connectivity index is 0.00000280. The van der Waals surface area contributed by atoms with Crippen molar-refractivity contribution in [1.82, 2.24) is 25.3 Å². The van der Waals surface area contributed by atoms with Gasteiger partial charge in [0.05, 0.1) is 12.2 Å². The molecular weight excluding hydrogens is 463 g/mol. The molecule has 6 nitrogen and oxygen atoms in total. The minimum Gasteiger partial charge on any atom is -0.356 e. The molecule has 1 saturated heterocycles. The first kappa shape index (κ1) is 22.7. The Labute approximate surface area is 185 Å². The standard InChI is InChI=1S/C21H32N6.HI/c1-22-21(23-12-8-9-18-15-25-26(2)17-18)24-16-20(27-13-6-7-14-27)19-10-4-3-5-11-19;/h3-5,10-11,15,17,20H,6-9,12-14,16H2,1-2H3,(H2,22,23,24);1H. The number of halogens is 1. The number of benzene rings is 1. The van der Waals surface area contributed by atoms with Crippen molar-refractivity contribution in [2.24, 2.45) is 12.0 Å². The quantitative estimate of drug-likeness (QED) is 0.256. The fourth-order valence-corrected chi connectivity index (χ4v) is 3.70. The summed E-state index contributed by atoms with van der Waals surface area (Å²) in [4.78, 5) is 6.97. The summed E-state index contributed by atoms with van der Waals surface area (Å²) < 4.78 is 1.85. The monoisotopic (exact) mass is 496 g/mol. The number of guanidine groups is 1. The number of likely N-dealkylation sites (tertiary alicyclic amines) is 1. The Bertz CT molecular complexity index is 709. The van der Waals surface area contributed by atoms with Gasteiger partial charge in [0.2, 0.25) is 0 Å². The molecule has 1 unspecified atom stereocenters. The highest BCUT2D eigenvalue weighted by atomic mass is 127. The Morgan fingerprint density at radius 1 is 1.18 bits per heavy atom. The van der Waals surface area contributed by atoms with Crippen molar-refractivity contribution < 1.29 is 0 Å². The molecule has 1 aromatic heterocycles. The molecule has 0 amide bonds. The molecule has 3 rings (SSSR count). The number of nitrogens with one attached hydrogen (secondary N) is 2. The van der Waals surface area contributed by atoms with Crippen LogP contribution in [0.25, 0.3) is 0 Å². The smallest absolute Gasteiger partial charge is 0.191 e. The maximum Gasteiger partial charge on any atom is 0.191 e. The number of hydrogen-bond acceptors (Lipinski definition) is 3. The molecule has 154 valence electrons. The van der Waals surface area contributed by atoms with Crippen molar-refractivity contribution in [3.8, 4) is 0 Å². The third-order valence-corrected chi connectivity index (χ3v) is 5.15. The SMILES string of the molecule is CN=C(NCCCc1cnn(C)c1)NCC(c1ccccc1)N1CCCC1.I. The van der Waals surface area contributed by atoms with Gasteiger partial charge >= 0.3 is 0 Å². The second kappa shape index (κ2) is 12.1. The van der Waals surface area contributed by atoms with Crippen LogP contribution in [-0.4, -0.2) is 53.9 Å². The fraction of sp³-hybridized carbons (Fsp3) is 0.524. The molecule has 1 aromatic carbocycles. The minimum atomic E-state index is 0. The predicted octanol–water partition coefficient (Wildman–Crippen LogP) is 2.97. The van der Waals surface area contributed by atoms with E-state index in [9.17, 15) is 0 Å². The van der Waals surface area contributed by atoms with E-state index in [4.69, 9.17) is 0 Å². The summed E-state index contributed by atoms with van der Waals surface area (Å²) in [6, 6.07) is 11.2. The van der Waals surface area contributed by atoms with E-state index in [-0.39, 0.29) is 24.0 Å². The summed E-state index contributed by atoms with van der Waals surface area (Å²) in [6.07, 6.45) is 8.69. The molecule has 2 heterocycles. The van der Waals surface area contributed by atoms with E-state index in [0.717, 1.165) is 31.9 Å². The second-order valence-corrected chi connectivity index (χ2v) is 7.18. The highest BCUT2D eigenvalue weighted by Gasteiger charge is 2.23. The number of aliphatic imine (C=N–C) groups is 1. The maximum atomic E-state index is 4.39. The zero-order valence-electron chi connectivity index (χ0n) is 17.0. The van der Waals surface area contributed by atoms with Crippen LogP contribution in [0.2, 0.25) is 0 Å². The van der Waals surface area contributed by atoms with Gasteiger partial charge in [-0.1, -0.05) is 30.3 Å². The van der Waals surface area contributed by atoms with E-state index in [1.807, 2.05) is 25.0 Å². The third kappa shape index (κ3) is 6.77. The Hall–Kier alpha value is -1.61. The van der Waals surface area contributed by atoms with Crippen molar-refractivity contribution >= 4 is 29.9 Å². The number of nitrogens with zero attached hydrogens (tertiary/aromatic N) is 4. The van der Waals surface area contributed by atoms with Gasteiger partial charge < -0.3 is 10.6 Å². The highest BCUT2D eigenvalue weighted by Crippen LogP contribution is 2.24. The van der Waals surface area contributed by atoms with Crippen LogP contribution in [-0.2, 0) is 13.5 Å². The van der Waals surface area contributed by atoms with Crippen molar-refractivity contribution in [3.05, 3.63) is 53.9 Å². The molecule has 1 aliphatic heterocycles. The molecule has 0 spiro atoms. The molecule has 1 fully saturated rings. The highest BCUT2D eigenvalue weighted by molar-refractivity contribution is 14.0. The van der Waals surface area contributed by atoms with E-state index in [2.05, 4.69) is 62.2 Å². The van der Waals surface area contributed by atoms with Gasteiger partial charge in [0.15, 0.2) is 5.96 Å². The lowest BCUT2D eigenvalue weighted by Gasteiger charge is -2.29. The van der Waals surface area contributed by atoms with E-state index < -0.39 is 0 Å². The van der Waals surface area contributed by atoms with Gasteiger partial charge in [-0.2, -0.15) is 5.10 Å². The topological polar surface area (TPSA) is 57.5 Å². The van der Waals surface area contributed by atoms with Crippen LogP contribution in [0.15, 0.2) is 47.7 Å². The van der Waals surface area contributed by atoms with Crippen LogP contribution < -0.4 is 10.6 Å². The fourth-order valence-electron chi connectivity index (χ4n) is 3.70. The van der Waals surface area contributed by atoms with Gasteiger partial charge in [0.1, 0.15) is 0 Å². The normalized spacial score (nSPS) is 15.9. The average molecular weight is 496 g/mol. The summed E-state index contributed by atoms with van der Waals surface area (Å²) >= 11 is 0. The summed E-state index contributed by atoms with van der Waals surface area (Å²) in [5, 5.41) is 11.2. The Morgan fingerprint density at radius 3 is 2.57 bits per heavy atom. The molecule has 7 heteroatoms. The second-order valence-electron chi connectivity index (χ2n) is 7.18. The summed E-state index contributed by atoms with van der Waals surface area (Å²) in [7, 11) is 3.79. The van der Waals surface area contributed by atoms with Crippen molar-refractivity contribution in [2.45, 2.75) is 31.7 Å². The largest absolute Gasteiger partial charge is 0.356 e. The maximum absolute atomic E-state index is 4.39. The van der Waals surface area contributed by atoms with Crippen LogP contribution in [0.4, 0.5) is 0 Å². The summed E-state index contributed by atoms with van der Waals surface area (Å²) in [5.41, 5.74) is 2.65. The van der Waals surface area contributed by atoms with Gasteiger partial charge in [-0.05, 0) is 49.9 Å². The Morgan fingerprint density at radius 2 is 1.93 bits per heavy atom. The first-order chi connectivity index (χ1) is 13.3. The Kier molecular flexibility index (Phi) is 9.77. The zero-order valence-corrected chi connectivity index (χ0v) is 19.3. The molecular formula is C21H33IN6. The number of aromatic nitrogens is 2. The predicted molar refractivity (Wildman–Crippen MR) is 126 cm³/mol. The molecule has 28 heavy (non-hydrogen) atoms. The number of aryl methyl sites for hydroxylation is 2. The van der Waals surface area contributed by atoms with Crippen LogP contribution in [0.1, 0.15) is 36.4 Å². The van der Waals surface area contributed by atoms with E-state index >= 15 is 0 Å². The van der Waals surface area contributed by atoms with E-state index in [1.54, 1.807) is 0 Å². The molecule has 0 radical (unpaired) electrons. The number of hydrogen-bond donors (Lipinski definition) is 2.